The van der Waals surface area contributed by atoms with Crippen LogP contribution in [0.2, 0.25) is 0 Å². The van der Waals surface area contributed by atoms with E-state index in [1.165, 1.54) is 16.3 Å². The number of hydrogen-bond donors (Lipinski definition) is 1. The third-order valence-corrected chi connectivity index (χ3v) is 5.57. The van der Waals surface area contributed by atoms with Crippen molar-refractivity contribution in [2.24, 2.45) is 0 Å². The minimum absolute atomic E-state index is 0.141. The lowest BCUT2D eigenvalue weighted by Crippen LogP contribution is -2.33. The van der Waals surface area contributed by atoms with Gasteiger partial charge in [-0.05, 0) is 13.8 Å². The summed E-state index contributed by atoms with van der Waals surface area (Å²) in [4.78, 5) is 12.7. The van der Waals surface area contributed by atoms with E-state index in [1.807, 2.05) is 0 Å². The number of aromatic nitrogens is 2. The summed E-state index contributed by atoms with van der Waals surface area (Å²) in [5, 5.41) is 9.86. The van der Waals surface area contributed by atoms with Gasteiger partial charge in [-0.25, -0.2) is 13.2 Å². The smallest absolute Gasteiger partial charge is 0.323 e. The van der Waals surface area contributed by atoms with Crippen LogP contribution in [-0.2, 0) is 10.0 Å². The Balaban J connectivity index is 2.94. The molecule has 1 N–H and O–H groups in total. The summed E-state index contributed by atoms with van der Waals surface area (Å²) >= 11 is 0.821. The molecule has 1 aromatic heterocycles. The highest BCUT2D eigenvalue weighted by Gasteiger charge is 2.27. The van der Waals surface area contributed by atoms with E-state index in [2.05, 4.69) is 15.5 Å². The number of hydrogen-bond acceptors (Lipinski definition) is 6. The molecule has 0 aromatic carbocycles. The van der Waals surface area contributed by atoms with Gasteiger partial charge in [-0.3, -0.25) is 5.32 Å². The number of anilines is 1. The molecule has 0 fully saturated rings. The van der Waals surface area contributed by atoms with Crippen LogP contribution in [0, 0.1) is 0 Å². The number of nitrogens with zero attached hydrogens (tertiary/aromatic N) is 4. The average molecular weight is 307 g/mol. The fourth-order valence-electron chi connectivity index (χ4n) is 0.969. The summed E-state index contributed by atoms with van der Waals surface area (Å²) in [7, 11) is 0.952. The van der Waals surface area contributed by atoms with Crippen LogP contribution in [0.25, 0.3) is 0 Å². The molecule has 0 spiro atoms. The summed E-state index contributed by atoms with van der Waals surface area (Å²) in [6.45, 7) is 3.51. The molecule has 0 aliphatic rings. The van der Waals surface area contributed by atoms with Crippen molar-refractivity contribution >= 4 is 32.5 Å². The summed E-state index contributed by atoms with van der Waals surface area (Å²) in [6.07, 6.45) is 0. The van der Waals surface area contributed by atoms with Gasteiger partial charge in [0, 0.05) is 27.2 Å². The van der Waals surface area contributed by atoms with E-state index in [0.717, 1.165) is 11.3 Å². The van der Waals surface area contributed by atoms with Gasteiger partial charge < -0.3 is 4.90 Å². The molecule has 0 saturated carbocycles. The molecule has 0 aliphatic heterocycles. The molecule has 0 unspecified atom stereocenters. The minimum Gasteiger partial charge on any atom is -0.331 e. The Morgan fingerprint density at radius 2 is 1.84 bits per heavy atom. The maximum Gasteiger partial charge on any atom is 0.323 e. The Morgan fingerprint density at radius 1 is 1.26 bits per heavy atom. The van der Waals surface area contributed by atoms with Crippen LogP contribution in [0.5, 0.6) is 0 Å². The second kappa shape index (κ2) is 5.80. The molecule has 0 radical (unpaired) electrons. The predicted octanol–water partition coefficient (Wildman–Crippen LogP) is 0.661. The Kier molecular flexibility index (Phi) is 4.82. The van der Waals surface area contributed by atoms with Crippen molar-refractivity contribution in [1.82, 2.24) is 19.4 Å². The number of urea groups is 1. The van der Waals surface area contributed by atoms with Crippen LogP contribution < -0.4 is 5.32 Å². The molecule has 1 heterocycles. The number of nitrogens with one attached hydrogen (secondary N) is 1. The Hall–Kier alpha value is -1.26. The number of amides is 2. The lowest BCUT2D eigenvalue weighted by atomic mass is 10.4. The molecule has 0 aliphatic carbocycles. The van der Waals surface area contributed by atoms with Gasteiger partial charge in [0.15, 0.2) is 0 Å². The second-order valence-corrected chi connectivity index (χ2v) is 7.46. The topological polar surface area (TPSA) is 95.5 Å². The molecule has 108 valence electrons. The van der Waals surface area contributed by atoms with Crippen LogP contribution in [0.1, 0.15) is 13.8 Å². The number of carbonyl (C=O) groups is 1. The molecule has 8 nitrogen and oxygen atoms in total. The Morgan fingerprint density at radius 3 is 2.32 bits per heavy atom. The summed E-state index contributed by atoms with van der Waals surface area (Å²) < 4.78 is 25.3. The third-order valence-electron chi connectivity index (χ3n) is 2.35. The molecule has 10 heteroatoms. The van der Waals surface area contributed by atoms with E-state index in [-0.39, 0.29) is 15.5 Å². The molecule has 0 bridgehead atoms. The zero-order valence-electron chi connectivity index (χ0n) is 11.4. The standard InChI is InChI=1S/C9H17N5O3S2/c1-6(2)14(5)19(16,17)9-12-11-7(18-9)10-8(15)13(3)4/h6H,1-5H3,(H,10,11,15). The van der Waals surface area contributed by atoms with Gasteiger partial charge in [-0.1, -0.05) is 11.3 Å². The van der Waals surface area contributed by atoms with E-state index in [1.54, 1.807) is 27.9 Å². The van der Waals surface area contributed by atoms with Crippen LogP contribution in [0.4, 0.5) is 9.93 Å². The summed E-state index contributed by atoms with van der Waals surface area (Å²) in [5.74, 6) is 0. The van der Waals surface area contributed by atoms with E-state index < -0.39 is 16.1 Å². The molecule has 1 aromatic rings. The molecular weight excluding hydrogens is 290 g/mol. The zero-order valence-corrected chi connectivity index (χ0v) is 13.0. The van der Waals surface area contributed by atoms with Crippen LogP contribution in [-0.4, -0.2) is 61.0 Å². The average Bonchev–Trinajstić information content (AvgIpc) is 2.76. The van der Waals surface area contributed by atoms with Crippen molar-refractivity contribution in [3.05, 3.63) is 0 Å². The Labute approximate surface area is 116 Å². The first-order valence-corrected chi connectivity index (χ1v) is 7.71. The lowest BCUT2D eigenvalue weighted by Gasteiger charge is -2.18. The number of sulfonamides is 1. The third kappa shape index (κ3) is 3.61. The van der Waals surface area contributed by atoms with Gasteiger partial charge >= 0.3 is 6.03 Å². The highest BCUT2D eigenvalue weighted by atomic mass is 32.2. The molecular formula is C9H17N5O3S2. The second-order valence-electron chi connectivity index (χ2n) is 4.31. The van der Waals surface area contributed by atoms with Crippen LogP contribution in [0.3, 0.4) is 0 Å². The number of rotatable bonds is 4. The first kappa shape index (κ1) is 15.8. The first-order chi connectivity index (χ1) is 8.66. The van der Waals surface area contributed by atoms with Crippen LogP contribution in [0.15, 0.2) is 4.34 Å². The summed E-state index contributed by atoms with van der Waals surface area (Å²) in [5.41, 5.74) is 0. The fraction of sp³-hybridized carbons (Fsp3) is 0.667. The van der Waals surface area contributed by atoms with E-state index in [0.29, 0.717) is 0 Å². The molecule has 1 rings (SSSR count). The van der Waals surface area contributed by atoms with Crippen LogP contribution >= 0.6 is 11.3 Å². The maximum absolute atomic E-state index is 12.1. The minimum atomic E-state index is -3.66. The van der Waals surface area contributed by atoms with Crippen molar-refractivity contribution < 1.29 is 13.2 Å². The first-order valence-electron chi connectivity index (χ1n) is 5.46. The lowest BCUT2D eigenvalue weighted by molar-refractivity contribution is 0.230. The Bertz CT molecular complexity index is 552. The summed E-state index contributed by atoms with van der Waals surface area (Å²) in [6, 6.07) is -0.578. The van der Waals surface area contributed by atoms with E-state index in [9.17, 15) is 13.2 Å². The molecule has 19 heavy (non-hydrogen) atoms. The van der Waals surface area contributed by atoms with Crippen molar-refractivity contribution in [1.29, 1.82) is 0 Å². The quantitative estimate of drug-likeness (QED) is 0.824. The van der Waals surface area contributed by atoms with E-state index >= 15 is 0 Å². The van der Waals surface area contributed by atoms with Crippen molar-refractivity contribution in [2.45, 2.75) is 24.2 Å². The normalized spacial score (nSPS) is 11.9. The fourth-order valence-corrected chi connectivity index (χ4v) is 3.39. The molecule has 0 atom stereocenters. The van der Waals surface area contributed by atoms with E-state index in [4.69, 9.17) is 0 Å². The molecule has 2 amide bonds. The maximum atomic E-state index is 12.1. The van der Waals surface area contributed by atoms with Crippen molar-refractivity contribution in [2.75, 3.05) is 26.5 Å². The van der Waals surface area contributed by atoms with Gasteiger partial charge in [0.1, 0.15) is 0 Å². The number of carbonyl (C=O) groups excluding carboxylic acids is 1. The van der Waals surface area contributed by atoms with Crippen molar-refractivity contribution in [3.63, 3.8) is 0 Å². The molecule has 0 saturated heterocycles. The zero-order chi connectivity index (χ0) is 14.8. The largest absolute Gasteiger partial charge is 0.331 e. The highest BCUT2D eigenvalue weighted by Crippen LogP contribution is 2.23. The van der Waals surface area contributed by atoms with Gasteiger partial charge in [0.25, 0.3) is 10.0 Å². The van der Waals surface area contributed by atoms with Gasteiger partial charge in [0.05, 0.1) is 0 Å². The van der Waals surface area contributed by atoms with Gasteiger partial charge in [-0.2, -0.15) is 4.31 Å². The van der Waals surface area contributed by atoms with Crippen molar-refractivity contribution in [3.8, 4) is 0 Å². The van der Waals surface area contributed by atoms with Gasteiger partial charge in [0.2, 0.25) is 9.47 Å². The highest BCUT2D eigenvalue weighted by molar-refractivity contribution is 7.91. The van der Waals surface area contributed by atoms with Gasteiger partial charge in [-0.15, -0.1) is 10.2 Å². The SMILES string of the molecule is CC(C)N(C)S(=O)(=O)c1nnc(NC(=O)N(C)C)s1. The predicted molar refractivity (Wildman–Crippen MR) is 72.7 cm³/mol. The monoisotopic (exact) mass is 307 g/mol.